The zero-order chi connectivity index (χ0) is 12.4. The first-order valence-corrected chi connectivity index (χ1v) is 6.26. The van der Waals surface area contributed by atoms with Gasteiger partial charge >= 0.3 is 0 Å². The van der Waals surface area contributed by atoms with E-state index in [1.807, 2.05) is 7.05 Å². The highest BCUT2D eigenvalue weighted by Crippen LogP contribution is 2.32. The van der Waals surface area contributed by atoms with Crippen LogP contribution in [-0.2, 0) is 4.74 Å². The number of rotatable bonds is 4. The molecule has 0 aliphatic heterocycles. The van der Waals surface area contributed by atoms with E-state index in [4.69, 9.17) is 9.47 Å². The van der Waals surface area contributed by atoms with Gasteiger partial charge in [0.1, 0.15) is 23.8 Å². The second-order valence-corrected chi connectivity index (χ2v) is 4.92. The van der Waals surface area contributed by atoms with E-state index in [0.717, 1.165) is 6.42 Å². The number of hydrogen-bond acceptors (Lipinski definition) is 3. The molecule has 0 bridgehead atoms. The van der Waals surface area contributed by atoms with Crippen LogP contribution in [0.25, 0.3) is 0 Å². The van der Waals surface area contributed by atoms with Crippen molar-refractivity contribution in [3.05, 3.63) is 28.5 Å². The van der Waals surface area contributed by atoms with E-state index in [9.17, 15) is 4.39 Å². The topological polar surface area (TPSA) is 30.5 Å². The van der Waals surface area contributed by atoms with Crippen molar-refractivity contribution in [3.8, 4) is 5.75 Å². The van der Waals surface area contributed by atoms with Crippen LogP contribution < -0.4 is 10.1 Å². The molecule has 1 aliphatic carbocycles. The van der Waals surface area contributed by atoms with Gasteiger partial charge in [0.2, 0.25) is 0 Å². The summed E-state index contributed by atoms with van der Waals surface area (Å²) in [6.45, 7) is 0. The molecule has 3 atom stereocenters. The summed E-state index contributed by atoms with van der Waals surface area (Å²) in [6.07, 6.45) is 0.940. The Balaban J connectivity index is 2.02. The van der Waals surface area contributed by atoms with Crippen LogP contribution in [0.3, 0.4) is 0 Å². The van der Waals surface area contributed by atoms with Gasteiger partial charge in [0.15, 0.2) is 0 Å². The number of ether oxygens (including phenoxy) is 2. The fourth-order valence-electron chi connectivity index (χ4n) is 2.03. The molecular weight excluding hydrogens is 289 g/mol. The number of hydrogen-bond donors (Lipinski definition) is 1. The predicted octanol–water partition coefficient (Wildman–Crippen LogP) is 2.34. The third-order valence-electron chi connectivity index (χ3n) is 3.06. The number of halogens is 2. The third kappa shape index (κ3) is 2.61. The third-order valence-corrected chi connectivity index (χ3v) is 3.68. The standard InChI is InChI=1S/C12H15BrFNO2/c1-15-9-6-11(12(9)16-2)17-10-4-3-7(14)5-8(10)13/h3-5,9,11-12,15H,6H2,1-2H3. The van der Waals surface area contributed by atoms with E-state index in [1.165, 1.54) is 12.1 Å². The van der Waals surface area contributed by atoms with Crippen molar-refractivity contribution >= 4 is 15.9 Å². The van der Waals surface area contributed by atoms with Crippen LogP contribution in [-0.4, -0.2) is 32.4 Å². The van der Waals surface area contributed by atoms with Gasteiger partial charge in [-0.3, -0.25) is 0 Å². The van der Waals surface area contributed by atoms with Crippen molar-refractivity contribution in [3.63, 3.8) is 0 Å². The fourth-order valence-corrected chi connectivity index (χ4v) is 2.47. The molecule has 0 saturated heterocycles. The van der Waals surface area contributed by atoms with Crippen LogP contribution in [0.15, 0.2) is 22.7 Å². The van der Waals surface area contributed by atoms with Crippen LogP contribution in [0.4, 0.5) is 4.39 Å². The molecule has 5 heteroatoms. The molecule has 0 heterocycles. The number of likely N-dealkylation sites (N-methyl/N-ethyl adjacent to an activating group) is 1. The van der Waals surface area contributed by atoms with E-state index in [0.29, 0.717) is 16.3 Å². The molecule has 0 spiro atoms. The van der Waals surface area contributed by atoms with Crippen LogP contribution >= 0.6 is 15.9 Å². The van der Waals surface area contributed by atoms with Crippen molar-refractivity contribution in [2.24, 2.45) is 0 Å². The largest absolute Gasteiger partial charge is 0.486 e. The van der Waals surface area contributed by atoms with Gasteiger partial charge in [0.25, 0.3) is 0 Å². The molecule has 0 amide bonds. The Bertz CT molecular complexity index is 402. The van der Waals surface area contributed by atoms with E-state index in [-0.39, 0.29) is 18.0 Å². The van der Waals surface area contributed by atoms with Gasteiger partial charge in [-0.25, -0.2) is 4.39 Å². The molecule has 0 radical (unpaired) electrons. The van der Waals surface area contributed by atoms with Crippen molar-refractivity contribution < 1.29 is 13.9 Å². The number of benzene rings is 1. The normalized spacial score (nSPS) is 27.6. The van der Waals surface area contributed by atoms with Crippen molar-refractivity contribution in [2.45, 2.75) is 24.7 Å². The Kier molecular flexibility index (Phi) is 4.01. The van der Waals surface area contributed by atoms with Crippen LogP contribution in [0.5, 0.6) is 5.75 Å². The summed E-state index contributed by atoms with van der Waals surface area (Å²) in [6, 6.07) is 4.73. The predicted molar refractivity (Wildman–Crippen MR) is 66.8 cm³/mol. The first-order chi connectivity index (χ1) is 8.15. The number of nitrogens with one attached hydrogen (secondary N) is 1. The Morgan fingerprint density at radius 1 is 1.47 bits per heavy atom. The highest BCUT2D eigenvalue weighted by Gasteiger charge is 2.42. The SMILES string of the molecule is CNC1CC(Oc2ccc(F)cc2Br)C1OC. The van der Waals surface area contributed by atoms with Crippen molar-refractivity contribution in [1.29, 1.82) is 0 Å². The first kappa shape index (κ1) is 12.8. The van der Waals surface area contributed by atoms with Crippen molar-refractivity contribution in [1.82, 2.24) is 5.32 Å². The Labute approximate surface area is 108 Å². The molecule has 2 rings (SSSR count). The maximum absolute atomic E-state index is 12.9. The molecule has 17 heavy (non-hydrogen) atoms. The Morgan fingerprint density at radius 3 is 2.82 bits per heavy atom. The van der Waals surface area contributed by atoms with Gasteiger partial charge < -0.3 is 14.8 Å². The molecular formula is C12H15BrFNO2. The quantitative estimate of drug-likeness (QED) is 0.926. The first-order valence-electron chi connectivity index (χ1n) is 5.47. The van der Waals surface area contributed by atoms with Gasteiger partial charge in [0.05, 0.1) is 4.47 Å². The van der Waals surface area contributed by atoms with E-state index in [1.54, 1.807) is 13.2 Å². The molecule has 3 unspecified atom stereocenters. The van der Waals surface area contributed by atoms with E-state index in [2.05, 4.69) is 21.2 Å². The fraction of sp³-hybridized carbons (Fsp3) is 0.500. The zero-order valence-electron chi connectivity index (χ0n) is 9.74. The molecule has 3 nitrogen and oxygen atoms in total. The lowest BCUT2D eigenvalue weighted by atomic mass is 9.85. The lowest BCUT2D eigenvalue weighted by Gasteiger charge is -2.43. The average Bonchev–Trinajstić information content (AvgIpc) is 2.26. The summed E-state index contributed by atoms with van der Waals surface area (Å²) in [5.41, 5.74) is 0. The monoisotopic (exact) mass is 303 g/mol. The minimum atomic E-state index is -0.283. The molecule has 94 valence electrons. The highest BCUT2D eigenvalue weighted by molar-refractivity contribution is 9.10. The molecule has 1 fully saturated rings. The molecule has 1 N–H and O–H groups in total. The van der Waals surface area contributed by atoms with Gasteiger partial charge in [-0.2, -0.15) is 0 Å². The second-order valence-electron chi connectivity index (χ2n) is 4.06. The van der Waals surface area contributed by atoms with E-state index < -0.39 is 0 Å². The second kappa shape index (κ2) is 5.33. The maximum Gasteiger partial charge on any atom is 0.134 e. The summed E-state index contributed by atoms with van der Waals surface area (Å²) in [7, 11) is 3.57. The Hall–Kier alpha value is -0.650. The van der Waals surface area contributed by atoms with Crippen molar-refractivity contribution in [2.75, 3.05) is 14.2 Å². The van der Waals surface area contributed by atoms with E-state index >= 15 is 0 Å². The minimum Gasteiger partial charge on any atom is -0.486 e. The van der Waals surface area contributed by atoms with Gasteiger partial charge in [-0.15, -0.1) is 0 Å². The molecule has 1 aromatic rings. The number of methoxy groups -OCH3 is 1. The van der Waals surface area contributed by atoms with Gasteiger partial charge in [0, 0.05) is 19.6 Å². The summed E-state index contributed by atoms with van der Waals surface area (Å²) < 4.78 is 24.7. The molecule has 1 saturated carbocycles. The zero-order valence-corrected chi connectivity index (χ0v) is 11.3. The maximum atomic E-state index is 12.9. The Morgan fingerprint density at radius 2 is 2.24 bits per heavy atom. The van der Waals surface area contributed by atoms with Crippen LogP contribution in [0.2, 0.25) is 0 Å². The minimum absolute atomic E-state index is 0.0132. The highest BCUT2D eigenvalue weighted by atomic mass is 79.9. The molecule has 1 aliphatic rings. The van der Waals surface area contributed by atoms with Gasteiger partial charge in [-0.1, -0.05) is 0 Å². The summed E-state index contributed by atoms with van der Waals surface area (Å²) in [5.74, 6) is 0.363. The average molecular weight is 304 g/mol. The summed E-state index contributed by atoms with van der Waals surface area (Å²) in [4.78, 5) is 0. The molecule has 0 aromatic heterocycles. The lowest BCUT2D eigenvalue weighted by Crippen LogP contribution is -2.60. The van der Waals surface area contributed by atoms with Gasteiger partial charge in [-0.05, 0) is 41.2 Å². The molecule has 1 aromatic carbocycles. The smallest absolute Gasteiger partial charge is 0.134 e. The lowest BCUT2D eigenvalue weighted by molar-refractivity contribution is -0.0872. The van der Waals surface area contributed by atoms with Crippen LogP contribution in [0, 0.1) is 5.82 Å². The van der Waals surface area contributed by atoms with Crippen LogP contribution in [0.1, 0.15) is 6.42 Å². The summed E-state index contributed by atoms with van der Waals surface area (Å²) in [5, 5.41) is 3.17. The summed E-state index contributed by atoms with van der Waals surface area (Å²) >= 11 is 3.28.